The monoisotopic (exact) mass is 1220 g/mol. The summed E-state index contributed by atoms with van der Waals surface area (Å²) in [6.07, 6.45) is 16.5. The fourth-order valence-corrected chi connectivity index (χ4v) is 13.9. The molecule has 8 heteroatoms. The van der Waals surface area contributed by atoms with Crippen LogP contribution in [0.4, 0.5) is 34.1 Å². The van der Waals surface area contributed by atoms with E-state index in [2.05, 4.69) is 335 Å². The Hall–Kier alpha value is -11.7. The predicted molar refractivity (Wildman–Crippen MR) is 401 cm³/mol. The smallest absolute Gasteiger partial charge is 0.0724 e. The van der Waals surface area contributed by atoms with E-state index in [4.69, 9.17) is 9.97 Å². The fourth-order valence-electron chi connectivity index (χ4n) is 13.9. The molecule has 0 unspecified atom stereocenters. The Morgan fingerprint density at radius 3 is 0.766 bits per heavy atom. The molecule has 0 saturated heterocycles. The summed E-state index contributed by atoms with van der Waals surface area (Å²) in [5, 5.41) is 7.35. The highest BCUT2D eigenvalue weighted by molar-refractivity contribution is 6.11. The van der Waals surface area contributed by atoms with Crippen molar-refractivity contribution >= 4 is 112 Å². The molecular formula is C86H74N8. The normalized spacial score (nSPS) is 11.5. The molecule has 0 spiro atoms. The van der Waals surface area contributed by atoms with E-state index in [1.165, 1.54) is 54.8 Å². The van der Waals surface area contributed by atoms with Crippen LogP contribution in [0, 0.1) is 13.8 Å². The molecular weight excluding hydrogens is 1150 g/mol. The zero-order valence-electron chi connectivity index (χ0n) is 54.4. The van der Waals surface area contributed by atoms with Crippen LogP contribution in [0.1, 0.15) is 64.1 Å². The van der Waals surface area contributed by atoms with Crippen LogP contribution in [0.25, 0.3) is 111 Å². The molecule has 0 fully saturated rings. The lowest BCUT2D eigenvalue weighted by molar-refractivity contribution is 1.03. The summed E-state index contributed by atoms with van der Waals surface area (Å²) in [5.41, 5.74) is 23.8. The van der Waals surface area contributed by atoms with Crippen LogP contribution < -0.4 is 9.80 Å². The Labute approximate surface area is 550 Å². The van der Waals surface area contributed by atoms with Crippen molar-refractivity contribution in [2.75, 3.05) is 9.80 Å². The second-order valence-electron chi connectivity index (χ2n) is 23.0. The van der Waals surface area contributed by atoms with E-state index >= 15 is 0 Å². The molecule has 0 aliphatic carbocycles. The Balaban J connectivity index is 0.00000187. The first-order valence-electron chi connectivity index (χ1n) is 32.8. The van der Waals surface area contributed by atoms with Crippen LogP contribution in [0.2, 0.25) is 0 Å². The van der Waals surface area contributed by atoms with Gasteiger partial charge in [0.15, 0.2) is 0 Å². The van der Waals surface area contributed by atoms with Crippen molar-refractivity contribution < 1.29 is 0 Å². The van der Waals surface area contributed by atoms with Crippen molar-refractivity contribution in [1.29, 1.82) is 0 Å². The van der Waals surface area contributed by atoms with Crippen LogP contribution in [0.15, 0.2) is 292 Å². The lowest BCUT2D eigenvalue weighted by atomic mass is 10.0. The van der Waals surface area contributed by atoms with Crippen LogP contribution >= 0.6 is 0 Å². The van der Waals surface area contributed by atoms with Crippen LogP contribution in [-0.2, 0) is 0 Å². The third-order valence-electron chi connectivity index (χ3n) is 18.0. The zero-order chi connectivity index (χ0) is 64.4. The van der Waals surface area contributed by atoms with E-state index in [0.29, 0.717) is 0 Å². The third kappa shape index (κ3) is 10.2. The largest absolute Gasteiger partial charge is 0.310 e. The molecule has 0 atom stereocenters. The highest BCUT2D eigenvalue weighted by Gasteiger charge is 2.26. The van der Waals surface area contributed by atoms with Crippen LogP contribution in [-0.4, -0.2) is 28.2 Å². The van der Waals surface area contributed by atoms with Gasteiger partial charge in [-0.05, 0) is 197 Å². The molecule has 0 aliphatic rings. The number of anilines is 6. The topological polar surface area (TPSA) is 52.0 Å². The summed E-state index contributed by atoms with van der Waals surface area (Å²) >= 11 is 0. The van der Waals surface area contributed by atoms with Crippen molar-refractivity contribution in [3.05, 3.63) is 314 Å². The van der Waals surface area contributed by atoms with Gasteiger partial charge in [-0.3, -0.25) is 9.97 Å². The molecule has 0 saturated carbocycles. The van der Waals surface area contributed by atoms with E-state index in [-0.39, 0.29) is 0 Å². The molecule has 0 radical (unpaired) electrons. The molecule has 458 valence electrons. The maximum atomic E-state index is 4.96. The molecule has 0 aliphatic heterocycles. The van der Waals surface area contributed by atoms with Crippen LogP contribution in [0.3, 0.4) is 0 Å². The molecule has 0 amide bonds. The lowest BCUT2D eigenvalue weighted by Crippen LogP contribution is -2.14. The first kappa shape index (κ1) is 59.9. The molecule has 10 aromatic carbocycles. The van der Waals surface area contributed by atoms with E-state index < -0.39 is 0 Å². The first-order chi connectivity index (χ1) is 46.4. The lowest BCUT2D eigenvalue weighted by Gasteiger charge is -2.31. The van der Waals surface area contributed by atoms with Gasteiger partial charge in [-0.1, -0.05) is 149 Å². The van der Waals surface area contributed by atoms with Gasteiger partial charge >= 0.3 is 0 Å². The van der Waals surface area contributed by atoms with Crippen molar-refractivity contribution in [2.45, 2.75) is 55.4 Å². The molecule has 6 heterocycles. The number of benzene rings is 10. The zero-order valence-corrected chi connectivity index (χ0v) is 54.4. The van der Waals surface area contributed by atoms with Gasteiger partial charge in [-0.15, -0.1) is 0 Å². The fraction of sp³-hybridized carbons (Fsp3) is 0.0930. The molecule has 94 heavy (non-hydrogen) atoms. The average molecular weight is 1220 g/mol. The second-order valence-corrected chi connectivity index (χ2v) is 23.0. The molecule has 0 bridgehead atoms. The third-order valence-corrected chi connectivity index (χ3v) is 18.0. The number of nitrogens with zero attached hydrogens (tertiary/aromatic N) is 8. The van der Waals surface area contributed by atoms with Crippen LogP contribution in [0.5, 0.6) is 0 Å². The van der Waals surface area contributed by atoms with E-state index in [1.807, 2.05) is 52.5 Å². The highest BCUT2D eigenvalue weighted by atomic mass is 15.2. The molecule has 8 nitrogen and oxygen atoms in total. The SMILES string of the molecule is C/C=C\c1c(C)c(C)c(/C=C\C)n1-c1ccc(N(c2ccc(-n3c4ccccc4c4ccccc43)cc2)c2cnccc2-c2ccncc2N(c2ccc(-n3c4ccccc4c4ccccc43)cc2)c2ccc(-n3c4ccccc4c4ccccc43)cc2)cc1.CC.CC. The van der Waals surface area contributed by atoms with Gasteiger partial charge in [-0.2, -0.15) is 0 Å². The average Bonchev–Trinajstić information content (AvgIpc) is 1.15. The Bertz CT molecular complexity index is 5110. The Kier molecular flexibility index (Phi) is 16.5. The van der Waals surface area contributed by atoms with Crippen molar-refractivity contribution in [2.24, 2.45) is 0 Å². The molecule has 6 aromatic heterocycles. The summed E-state index contributed by atoms with van der Waals surface area (Å²) in [5.74, 6) is 0. The number of pyridine rings is 2. The minimum Gasteiger partial charge on any atom is -0.310 e. The summed E-state index contributed by atoms with van der Waals surface area (Å²) in [4.78, 5) is 14.6. The summed E-state index contributed by atoms with van der Waals surface area (Å²) < 4.78 is 9.49. The van der Waals surface area contributed by atoms with Gasteiger partial charge in [0.25, 0.3) is 0 Å². The van der Waals surface area contributed by atoms with Crippen molar-refractivity contribution in [1.82, 2.24) is 28.2 Å². The van der Waals surface area contributed by atoms with Gasteiger partial charge in [0.05, 0.1) is 56.9 Å². The standard InChI is InChI=1S/C82H62N8.2C2H6/c1-5-19-73-55(3)56(4)74(20-6-2)87(73)61-41-33-57(34-42-61)85(58-35-43-62(44-36-58)88-75-27-13-7-21-65(75)66-22-8-14-28-76(66)88)81-53-83-51-49-71(81)72-50-52-84-54-82(72)86(59-37-45-63(46-38-59)89-77-29-15-9-23-67(77)68-24-10-16-30-78(68)89)60-39-47-64(48-40-60)90-79-31-17-11-25-69(79)70-26-12-18-32-80(70)90;2*1-2/h5-54H,1-4H3;2*1-2H3/b19-5-,20-6-;;. The first-order valence-corrected chi connectivity index (χ1v) is 32.8. The molecule has 0 N–H and O–H groups in total. The molecule has 16 rings (SSSR count). The van der Waals surface area contributed by atoms with Crippen molar-refractivity contribution in [3.63, 3.8) is 0 Å². The summed E-state index contributed by atoms with van der Waals surface area (Å²) in [6.45, 7) is 16.6. The van der Waals surface area contributed by atoms with Gasteiger partial charge < -0.3 is 28.1 Å². The number of hydrogen-bond acceptors (Lipinski definition) is 4. The number of rotatable bonds is 13. The van der Waals surface area contributed by atoms with Gasteiger partial charge in [0.2, 0.25) is 0 Å². The summed E-state index contributed by atoms with van der Waals surface area (Å²) in [6, 6.07) is 92.3. The molecule has 16 aromatic rings. The van der Waals surface area contributed by atoms with Crippen molar-refractivity contribution in [3.8, 4) is 33.9 Å². The van der Waals surface area contributed by atoms with E-state index in [0.717, 1.165) is 101 Å². The quantitative estimate of drug-likeness (QED) is 0.115. The van der Waals surface area contributed by atoms with Gasteiger partial charge in [0, 0.05) is 113 Å². The number of para-hydroxylation sites is 6. The Morgan fingerprint density at radius 1 is 0.287 bits per heavy atom. The number of hydrogen-bond donors (Lipinski definition) is 0. The number of aromatic nitrogens is 6. The van der Waals surface area contributed by atoms with E-state index in [9.17, 15) is 0 Å². The highest BCUT2D eigenvalue weighted by Crippen LogP contribution is 2.48. The minimum absolute atomic E-state index is 0.905. The second kappa shape index (κ2) is 25.9. The maximum absolute atomic E-state index is 4.96. The summed E-state index contributed by atoms with van der Waals surface area (Å²) in [7, 11) is 0. The Morgan fingerprint density at radius 2 is 0.521 bits per heavy atom. The number of allylic oxidation sites excluding steroid dienone is 2. The number of fused-ring (bicyclic) bond motifs is 9. The predicted octanol–water partition coefficient (Wildman–Crippen LogP) is 23.9. The maximum Gasteiger partial charge on any atom is 0.0724 e. The van der Waals surface area contributed by atoms with E-state index in [1.54, 1.807) is 0 Å². The van der Waals surface area contributed by atoms with Gasteiger partial charge in [0.1, 0.15) is 0 Å². The van der Waals surface area contributed by atoms with Gasteiger partial charge in [-0.25, -0.2) is 0 Å². The minimum atomic E-state index is 0.905.